The highest BCUT2D eigenvalue weighted by Gasteiger charge is 2.21. The molecule has 8 aromatic carbocycles. The van der Waals surface area contributed by atoms with Crippen LogP contribution in [0.25, 0.3) is 88.8 Å². The van der Waals surface area contributed by atoms with E-state index in [4.69, 9.17) is 23.8 Å². The molecule has 0 amide bonds. The molecule has 0 atom stereocenters. The van der Waals surface area contributed by atoms with Crippen molar-refractivity contribution in [3.05, 3.63) is 182 Å². The van der Waals surface area contributed by atoms with Crippen molar-refractivity contribution in [1.29, 1.82) is 0 Å². The van der Waals surface area contributed by atoms with E-state index in [9.17, 15) is 0 Å². The van der Waals surface area contributed by atoms with Gasteiger partial charge in [-0.3, -0.25) is 0 Å². The lowest BCUT2D eigenvalue weighted by atomic mass is 9.99. The van der Waals surface area contributed by atoms with Gasteiger partial charge in [0.1, 0.15) is 22.3 Å². The third-order valence-electron chi connectivity index (χ3n) is 10.3. The standard InChI is InChI=1S/C49H30N4O2/c1-4-14-31(15-5-1)47-50-48(32-16-6-2-7-17-32)52-49(51-47)42-30-41-40-29-35(25-27-45(40)55-46(41)38-22-11-10-20-36(38)42)53(33-18-8-3-9-19-33)34-24-26-44-39(28-34)37-21-12-13-23-43(37)54-44/h1-30H. The summed E-state index contributed by atoms with van der Waals surface area (Å²) in [6.07, 6.45) is 0. The Hall–Kier alpha value is -7.57. The maximum Gasteiger partial charge on any atom is 0.164 e. The van der Waals surface area contributed by atoms with Crippen molar-refractivity contribution in [2.75, 3.05) is 4.90 Å². The number of rotatable bonds is 6. The summed E-state index contributed by atoms with van der Waals surface area (Å²) < 4.78 is 12.9. The summed E-state index contributed by atoms with van der Waals surface area (Å²) >= 11 is 0. The van der Waals surface area contributed by atoms with Crippen molar-refractivity contribution in [1.82, 2.24) is 15.0 Å². The zero-order valence-electron chi connectivity index (χ0n) is 29.4. The van der Waals surface area contributed by atoms with Crippen LogP contribution in [0.2, 0.25) is 0 Å². The molecule has 0 saturated heterocycles. The maximum atomic E-state index is 6.70. The third kappa shape index (κ3) is 5.23. The van der Waals surface area contributed by atoms with E-state index in [1.807, 2.05) is 84.9 Å². The van der Waals surface area contributed by atoms with E-state index in [1.165, 1.54) is 0 Å². The Kier molecular flexibility index (Phi) is 7.07. The molecule has 0 aliphatic rings. The summed E-state index contributed by atoms with van der Waals surface area (Å²) in [6, 6.07) is 62.1. The highest BCUT2D eigenvalue weighted by molar-refractivity contribution is 6.19. The van der Waals surface area contributed by atoms with Crippen LogP contribution in [0.15, 0.2) is 191 Å². The zero-order chi connectivity index (χ0) is 36.3. The summed E-state index contributed by atoms with van der Waals surface area (Å²) in [4.78, 5) is 17.5. The van der Waals surface area contributed by atoms with Crippen LogP contribution in [-0.2, 0) is 0 Å². The fourth-order valence-corrected chi connectivity index (χ4v) is 7.72. The predicted molar refractivity (Wildman–Crippen MR) is 223 cm³/mol. The lowest BCUT2D eigenvalue weighted by Gasteiger charge is -2.25. The number of aromatic nitrogens is 3. The second-order valence-electron chi connectivity index (χ2n) is 13.6. The smallest absolute Gasteiger partial charge is 0.164 e. The first kappa shape index (κ1) is 31.0. The number of para-hydroxylation sites is 2. The van der Waals surface area contributed by atoms with E-state index in [0.29, 0.717) is 17.5 Å². The van der Waals surface area contributed by atoms with Gasteiger partial charge in [-0.15, -0.1) is 0 Å². The van der Waals surface area contributed by atoms with Gasteiger partial charge in [0, 0.05) is 60.7 Å². The van der Waals surface area contributed by atoms with Gasteiger partial charge in [-0.1, -0.05) is 121 Å². The van der Waals surface area contributed by atoms with Crippen molar-refractivity contribution < 1.29 is 8.83 Å². The van der Waals surface area contributed by atoms with Gasteiger partial charge in [0.2, 0.25) is 0 Å². The number of fused-ring (bicyclic) bond motifs is 8. The van der Waals surface area contributed by atoms with Crippen molar-refractivity contribution in [2.24, 2.45) is 0 Å². The Morgan fingerprint density at radius 2 is 0.818 bits per heavy atom. The van der Waals surface area contributed by atoms with Gasteiger partial charge in [-0.2, -0.15) is 0 Å². The molecular weight excluding hydrogens is 677 g/mol. The molecule has 0 aliphatic carbocycles. The molecule has 3 heterocycles. The van der Waals surface area contributed by atoms with Gasteiger partial charge in [0.25, 0.3) is 0 Å². The van der Waals surface area contributed by atoms with Gasteiger partial charge in [0.05, 0.1) is 0 Å². The zero-order valence-corrected chi connectivity index (χ0v) is 29.4. The summed E-state index contributed by atoms with van der Waals surface area (Å²) in [5, 5.41) is 6.14. The van der Waals surface area contributed by atoms with Gasteiger partial charge < -0.3 is 13.7 Å². The lowest BCUT2D eigenvalue weighted by Crippen LogP contribution is -2.09. The molecule has 6 nitrogen and oxygen atoms in total. The molecule has 0 spiro atoms. The number of furan rings is 2. The molecule has 0 aliphatic heterocycles. The minimum Gasteiger partial charge on any atom is -0.456 e. The van der Waals surface area contributed by atoms with Crippen LogP contribution in [0.5, 0.6) is 0 Å². The Bertz CT molecular complexity index is 3150. The average Bonchev–Trinajstić information content (AvgIpc) is 3.82. The molecular formula is C49H30N4O2. The van der Waals surface area contributed by atoms with E-state index in [1.54, 1.807) is 0 Å². The van der Waals surface area contributed by atoms with Gasteiger partial charge >= 0.3 is 0 Å². The number of hydrogen-bond acceptors (Lipinski definition) is 6. The molecule has 11 rings (SSSR count). The molecule has 11 aromatic rings. The molecule has 0 fully saturated rings. The number of anilines is 3. The monoisotopic (exact) mass is 706 g/mol. The Morgan fingerprint density at radius 1 is 0.327 bits per heavy atom. The molecule has 55 heavy (non-hydrogen) atoms. The van der Waals surface area contributed by atoms with Crippen molar-refractivity contribution in [3.8, 4) is 34.2 Å². The first-order valence-electron chi connectivity index (χ1n) is 18.3. The Balaban J connectivity index is 1.14. The van der Waals surface area contributed by atoms with Crippen LogP contribution >= 0.6 is 0 Å². The average molecular weight is 707 g/mol. The summed E-state index contributed by atoms with van der Waals surface area (Å²) in [5.41, 5.74) is 9.19. The van der Waals surface area contributed by atoms with Crippen LogP contribution in [0.1, 0.15) is 0 Å². The summed E-state index contributed by atoms with van der Waals surface area (Å²) in [5.74, 6) is 1.84. The van der Waals surface area contributed by atoms with E-state index < -0.39 is 0 Å². The minimum atomic E-state index is 0.600. The number of benzene rings is 8. The maximum absolute atomic E-state index is 6.70. The Morgan fingerprint density at radius 3 is 1.47 bits per heavy atom. The molecule has 0 bridgehead atoms. The van der Waals surface area contributed by atoms with Gasteiger partial charge in [0.15, 0.2) is 17.5 Å². The van der Waals surface area contributed by atoms with Crippen LogP contribution in [-0.4, -0.2) is 15.0 Å². The van der Waals surface area contributed by atoms with Crippen molar-refractivity contribution >= 4 is 71.7 Å². The number of nitrogens with zero attached hydrogens (tertiary/aromatic N) is 4. The molecule has 0 saturated carbocycles. The first-order valence-corrected chi connectivity index (χ1v) is 18.3. The molecule has 258 valence electrons. The van der Waals surface area contributed by atoms with Gasteiger partial charge in [-0.05, 0) is 66.0 Å². The predicted octanol–water partition coefficient (Wildman–Crippen LogP) is 13.3. The van der Waals surface area contributed by atoms with E-state index in [2.05, 4.69) is 102 Å². The van der Waals surface area contributed by atoms with E-state index >= 15 is 0 Å². The topological polar surface area (TPSA) is 68.2 Å². The second kappa shape index (κ2) is 12.5. The second-order valence-corrected chi connectivity index (χ2v) is 13.6. The van der Waals surface area contributed by atoms with Crippen LogP contribution in [0, 0.1) is 0 Å². The fourth-order valence-electron chi connectivity index (χ4n) is 7.72. The van der Waals surface area contributed by atoms with Crippen LogP contribution in [0.3, 0.4) is 0 Å². The largest absolute Gasteiger partial charge is 0.456 e. The van der Waals surface area contributed by atoms with Gasteiger partial charge in [-0.25, -0.2) is 15.0 Å². The number of hydrogen-bond donors (Lipinski definition) is 0. The molecule has 6 heteroatoms. The molecule has 0 N–H and O–H groups in total. The quantitative estimate of drug-likeness (QED) is 0.171. The van der Waals surface area contributed by atoms with E-state index in [0.717, 1.165) is 88.4 Å². The van der Waals surface area contributed by atoms with E-state index in [-0.39, 0.29) is 0 Å². The highest BCUT2D eigenvalue weighted by atomic mass is 16.3. The SMILES string of the molecule is c1ccc(-c2nc(-c3ccccc3)nc(-c3cc4c5cc(N(c6ccccc6)c6ccc7oc8ccccc8c7c6)ccc5oc4c4ccccc34)n2)cc1. The normalized spacial score (nSPS) is 11.6. The van der Waals surface area contributed by atoms with Crippen LogP contribution < -0.4 is 4.90 Å². The van der Waals surface area contributed by atoms with Crippen molar-refractivity contribution in [2.45, 2.75) is 0 Å². The molecule has 0 unspecified atom stereocenters. The van der Waals surface area contributed by atoms with Crippen LogP contribution in [0.4, 0.5) is 17.1 Å². The molecule has 0 radical (unpaired) electrons. The third-order valence-corrected chi connectivity index (χ3v) is 10.3. The summed E-state index contributed by atoms with van der Waals surface area (Å²) in [6.45, 7) is 0. The summed E-state index contributed by atoms with van der Waals surface area (Å²) in [7, 11) is 0. The lowest BCUT2D eigenvalue weighted by molar-refractivity contribution is 0.669. The highest BCUT2D eigenvalue weighted by Crippen LogP contribution is 2.43. The van der Waals surface area contributed by atoms with Crippen molar-refractivity contribution in [3.63, 3.8) is 0 Å². The fraction of sp³-hybridized carbons (Fsp3) is 0. The molecule has 3 aromatic heterocycles. The Labute approximate surface area is 315 Å². The minimum absolute atomic E-state index is 0.600. The first-order chi connectivity index (χ1) is 27.2.